The summed E-state index contributed by atoms with van der Waals surface area (Å²) in [7, 11) is 0. The van der Waals surface area contributed by atoms with Gasteiger partial charge in [-0.15, -0.1) is 11.3 Å². The quantitative estimate of drug-likeness (QED) is 0.867. The van der Waals surface area contributed by atoms with Crippen LogP contribution in [0.3, 0.4) is 0 Å². The topological polar surface area (TPSA) is 38.9 Å². The van der Waals surface area contributed by atoms with Crippen molar-refractivity contribution in [2.45, 2.75) is 77.7 Å². The third-order valence-electron chi connectivity index (χ3n) is 4.39. The summed E-state index contributed by atoms with van der Waals surface area (Å²) in [6.45, 7) is 11.3. The minimum Gasteiger partial charge on any atom is -0.319 e. The van der Waals surface area contributed by atoms with Crippen LogP contribution in [-0.4, -0.2) is 4.98 Å². The Balaban J connectivity index is 2.15. The summed E-state index contributed by atoms with van der Waals surface area (Å²) in [6, 6.07) is 0. The molecule has 0 bridgehead atoms. The first-order chi connectivity index (χ1) is 9.21. The number of nitrogens with two attached hydrogens (primary N) is 1. The van der Waals surface area contributed by atoms with Gasteiger partial charge in [0.1, 0.15) is 5.01 Å². The van der Waals surface area contributed by atoms with E-state index in [1.807, 2.05) is 0 Å². The molecule has 2 rings (SSSR count). The molecule has 114 valence electrons. The van der Waals surface area contributed by atoms with Crippen LogP contribution >= 0.6 is 11.3 Å². The lowest BCUT2D eigenvalue weighted by Crippen LogP contribution is -2.41. The van der Waals surface area contributed by atoms with Crippen molar-refractivity contribution in [1.29, 1.82) is 0 Å². The molecule has 1 aliphatic rings. The molecule has 1 aliphatic carbocycles. The third kappa shape index (κ3) is 3.62. The Kier molecular flexibility index (Phi) is 4.60. The van der Waals surface area contributed by atoms with Gasteiger partial charge >= 0.3 is 0 Å². The normalized spacial score (nSPS) is 28.1. The average Bonchev–Trinajstić information content (AvgIpc) is 2.77. The van der Waals surface area contributed by atoms with Crippen LogP contribution in [0, 0.1) is 11.8 Å². The van der Waals surface area contributed by atoms with Crippen molar-refractivity contribution < 1.29 is 0 Å². The Morgan fingerprint density at radius 1 is 1.45 bits per heavy atom. The van der Waals surface area contributed by atoms with Crippen molar-refractivity contribution in [3.8, 4) is 0 Å². The molecule has 0 amide bonds. The van der Waals surface area contributed by atoms with Crippen LogP contribution in [-0.2, 0) is 11.0 Å². The molecule has 3 heteroatoms. The second-order valence-corrected chi connectivity index (χ2v) is 8.89. The smallest absolute Gasteiger partial charge is 0.113 e. The van der Waals surface area contributed by atoms with Crippen molar-refractivity contribution in [3.05, 3.63) is 16.1 Å². The fourth-order valence-corrected chi connectivity index (χ4v) is 4.54. The highest BCUT2D eigenvalue weighted by molar-refractivity contribution is 7.09. The van der Waals surface area contributed by atoms with Gasteiger partial charge in [0.25, 0.3) is 0 Å². The van der Waals surface area contributed by atoms with Crippen LogP contribution in [0.15, 0.2) is 5.38 Å². The minimum atomic E-state index is -0.175. The SMILES string of the molecule is CC(C)CC1CCCC(N)(c2nc(C(C)(C)C)cs2)C1. The molecule has 0 spiro atoms. The van der Waals surface area contributed by atoms with Gasteiger partial charge in [-0.25, -0.2) is 4.98 Å². The highest BCUT2D eigenvalue weighted by atomic mass is 32.1. The summed E-state index contributed by atoms with van der Waals surface area (Å²) < 4.78 is 0. The molecule has 2 unspecified atom stereocenters. The number of hydrogen-bond acceptors (Lipinski definition) is 3. The van der Waals surface area contributed by atoms with Gasteiger partial charge in [-0.1, -0.05) is 47.5 Å². The number of hydrogen-bond donors (Lipinski definition) is 1. The van der Waals surface area contributed by atoms with Crippen molar-refractivity contribution in [1.82, 2.24) is 4.98 Å². The minimum absolute atomic E-state index is 0.122. The molecule has 2 nitrogen and oxygen atoms in total. The Morgan fingerprint density at radius 2 is 2.15 bits per heavy atom. The predicted molar refractivity (Wildman–Crippen MR) is 88.1 cm³/mol. The van der Waals surface area contributed by atoms with Gasteiger partial charge in [-0.05, 0) is 31.1 Å². The van der Waals surface area contributed by atoms with E-state index in [1.54, 1.807) is 11.3 Å². The summed E-state index contributed by atoms with van der Waals surface area (Å²) in [6.07, 6.45) is 6.10. The summed E-state index contributed by atoms with van der Waals surface area (Å²) in [5.41, 5.74) is 7.89. The number of nitrogens with zero attached hydrogens (tertiary/aromatic N) is 1. The first-order valence-electron chi connectivity index (χ1n) is 7.96. The zero-order chi connectivity index (χ0) is 15.0. The molecule has 2 atom stereocenters. The van der Waals surface area contributed by atoms with Gasteiger partial charge < -0.3 is 5.73 Å². The van der Waals surface area contributed by atoms with Gasteiger partial charge in [0.2, 0.25) is 0 Å². The van der Waals surface area contributed by atoms with Crippen molar-refractivity contribution in [2.75, 3.05) is 0 Å². The lowest BCUT2D eigenvalue weighted by molar-refractivity contribution is 0.201. The van der Waals surface area contributed by atoms with Crippen LogP contribution in [0.1, 0.15) is 77.4 Å². The van der Waals surface area contributed by atoms with E-state index in [-0.39, 0.29) is 11.0 Å². The fraction of sp³-hybridized carbons (Fsp3) is 0.824. The predicted octanol–water partition coefficient (Wildman–Crippen LogP) is 4.83. The van der Waals surface area contributed by atoms with Crippen molar-refractivity contribution >= 4 is 11.3 Å². The Bertz CT molecular complexity index is 444. The van der Waals surface area contributed by atoms with Crippen LogP contribution < -0.4 is 5.73 Å². The van der Waals surface area contributed by atoms with Gasteiger partial charge in [0, 0.05) is 10.8 Å². The van der Waals surface area contributed by atoms with Crippen LogP contribution in [0.2, 0.25) is 0 Å². The third-order valence-corrected chi connectivity index (χ3v) is 5.45. The van der Waals surface area contributed by atoms with Gasteiger partial charge in [-0.3, -0.25) is 0 Å². The first-order valence-corrected chi connectivity index (χ1v) is 8.84. The Labute approximate surface area is 128 Å². The summed E-state index contributed by atoms with van der Waals surface area (Å²) in [5.74, 6) is 1.54. The highest BCUT2D eigenvalue weighted by Gasteiger charge is 2.37. The maximum absolute atomic E-state index is 6.75. The summed E-state index contributed by atoms with van der Waals surface area (Å²) in [4.78, 5) is 4.88. The van der Waals surface area contributed by atoms with E-state index < -0.39 is 0 Å². The molecular weight excluding hydrogens is 264 g/mol. The van der Waals surface area contributed by atoms with Crippen molar-refractivity contribution in [2.24, 2.45) is 17.6 Å². The highest BCUT2D eigenvalue weighted by Crippen LogP contribution is 2.42. The monoisotopic (exact) mass is 294 g/mol. The molecule has 1 saturated carbocycles. The summed E-state index contributed by atoms with van der Waals surface area (Å²) in [5, 5.41) is 3.37. The van der Waals surface area contributed by atoms with Gasteiger partial charge in [-0.2, -0.15) is 0 Å². The van der Waals surface area contributed by atoms with E-state index in [9.17, 15) is 0 Å². The molecule has 1 fully saturated rings. The van der Waals surface area contributed by atoms with Crippen LogP contribution in [0.4, 0.5) is 0 Å². The summed E-state index contributed by atoms with van der Waals surface area (Å²) >= 11 is 1.77. The Morgan fingerprint density at radius 3 is 2.70 bits per heavy atom. The van der Waals surface area contributed by atoms with E-state index in [0.717, 1.165) is 29.7 Å². The Hall–Kier alpha value is -0.410. The molecule has 20 heavy (non-hydrogen) atoms. The lowest BCUT2D eigenvalue weighted by atomic mass is 9.74. The van der Waals surface area contributed by atoms with E-state index in [0.29, 0.717) is 0 Å². The van der Waals surface area contributed by atoms with E-state index in [1.165, 1.54) is 25.0 Å². The van der Waals surface area contributed by atoms with Gasteiger partial charge in [0.15, 0.2) is 0 Å². The average molecular weight is 295 g/mol. The molecule has 0 aliphatic heterocycles. The standard InChI is InChI=1S/C17H30N2S/c1-12(2)9-13-7-6-8-17(18,10-13)15-19-14(11-20-15)16(3,4)5/h11-13H,6-10,18H2,1-5H3. The number of aromatic nitrogens is 1. The first kappa shape index (κ1) is 16.0. The van der Waals surface area contributed by atoms with E-state index in [4.69, 9.17) is 10.7 Å². The number of thiazole rings is 1. The second-order valence-electron chi connectivity index (χ2n) is 8.04. The molecule has 0 saturated heterocycles. The zero-order valence-electron chi connectivity index (χ0n) is 13.7. The van der Waals surface area contributed by atoms with Crippen LogP contribution in [0.5, 0.6) is 0 Å². The molecule has 1 heterocycles. The molecule has 0 radical (unpaired) electrons. The van der Waals surface area contributed by atoms with E-state index in [2.05, 4.69) is 40.0 Å². The molecular formula is C17H30N2S. The van der Waals surface area contributed by atoms with Gasteiger partial charge in [0.05, 0.1) is 11.2 Å². The molecule has 1 aromatic rings. The number of rotatable bonds is 3. The molecule has 2 N–H and O–H groups in total. The maximum atomic E-state index is 6.75. The molecule has 1 aromatic heterocycles. The maximum Gasteiger partial charge on any atom is 0.113 e. The van der Waals surface area contributed by atoms with E-state index >= 15 is 0 Å². The molecule has 0 aromatic carbocycles. The largest absolute Gasteiger partial charge is 0.319 e. The second kappa shape index (κ2) is 5.76. The van der Waals surface area contributed by atoms with Crippen molar-refractivity contribution in [3.63, 3.8) is 0 Å². The lowest BCUT2D eigenvalue weighted by Gasteiger charge is -2.37. The zero-order valence-corrected chi connectivity index (χ0v) is 14.5. The van der Waals surface area contributed by atoms with Crippen LogP contribution in [0.25, 0.3) is 0 Å². The fourth-order valence-electron chi connectivity index (χ4n) is 3.33.